The predicted octanol–water partition coefficient (Wildman–Crippen LogP) is 5.39. The zero-order valence-corrected chi connectivity index (χ0v) is 17.9. The van der Waals surface area contributed by atoms with Crippen LogP contribution in [0.1, 0.15) is 27.4 Å². The fourth-order valence-corrected chi connectivity index (χ4v) is 3.68. The number of carbonyl (C=O) groups is 1. The highest BCUT2D eigenvalue weighted by molar-refractivity contribution is 9.11. The molecule has 30 heavy (non-hydrogen) atoms. The maximum atomic E-state index is 12.9. The maximum absolute atomic E-state index is 12.9. The van der Waals surface area contributed by atoms with E-state index in [2.05, 4.69) is 47.3 Å². The van der Waals surface area contributed by atoms with Crippen LogP contribution in [0.3, 0.4) is 0 Å². The van der Waals surface area contributed by atoms with Crippen LogP contribution in [0, 0.1) is 0 Å². The van der Waals surface area contributed by atoms with E-state index in [1.165, 1.54) is 18.2 Å². The topological polar surface area (TPSA) is 88.2 Å². The molecule has 12 heteroatoms. The van der Waals surface area contributed by atoms with E-state index in [0.29, 0.717) is 20.6 Å². The van der Waals surface area contributed by atoms with Crippen LogP contribution in [0.5, 0.6) is 5.75 Å². The molecule has 3 rings (SSSR count). The van der Waals surface area contributed by atoms with E-state index >= 15 is 0 Å². The minimum atomic E-state index is -4.64. The number of phenolic OH excluding ortho intramolecular Hbond substituents is 1. The van der Waals surface area contributed by atoms with Crippen molar-refractivity contribution < 1.29 is 32.0 Å². The summed E-state index contributed by atoms with van der Waals surface area (Å²) in [5, 5.41) is 15.8. The van der Waals surface area contributed by atoms with Crippen LogP contribution < -0.4 is 5.32 Å². The van der Waals surface area contributed by atoms with Crippen LogP contribution in [-0.2, 0) is 19.4 Å². The molecule has 0 radical (unpaired) electrons. The van der Waals surface area contributed by atoms with Gasteiger partial charge in [-0.05, 0) is 67.3 Å². The molecular weight excluding hydrogens is 542 g/mol. The van der Waals surface area contributed by atoms with Gasteiger partial charge in [-0.1, -0.05) is 11.2 Å². The van der Waals surface area contributed by atoms with Crippen molar-refractivity contribution in [3.05, 3.63) is 61.9 Å². The summed E-state index contributed by atoms with van der Waals surface area (Å²) in [6.45, 7) is -1.38. The highest BCUT2D eigenvalue weighted by atomic mass is 79.9. The van der Waals surface area contributed by atoms with Gasteiger partial charge in [0.15, 0.2) is 0 Å². The van der Waals surface area contributed by atoms with Crippen molar-refractivity contribution in [3.63, 3.8) is 0 Å². The van der Waals surface area contributed by atoms with E-state index < -0.39 is 30.2 Å². The number of aromatic hydroxyl groups is 1. The second-order valence-electron chi connectivity index (χ2n) is 6.06. The molecule has 2 aromatic carbocycles. The summed E-state index contributed by atoms with van der Waals surface area (Å²) in [7, 11) is 0. The zero-order valence-electron chi connectivity index (χ0n) is 14.7. The molecule has 1 heterocycles. The van der Waals surface area contributed by atoms with Crippen molar-refractivity contribution in [1.29, 1.82) is 0 Å². The maximum Gasteiger partial charge on any atom is 0.416 e. The normalized spacial score (nSPS) is 11.5. The molecule has 0 saturated carbocycles. The number of hydrogen-bond acceptors (Lipinski definition) is 5. The molecule has 158 valence electrons. The number of aromatic nitrogens is 2. The van der Waals surface area contributed by atoms with Crippen LogP contribution in [0.4, 0.5) is 17.6 Å². The number of phenols is 1. The molecule has 0 atom stereocenters. The number of rotatable bonds is 5. The van der Waals surface area contributed by atoms with Gasteiger partial charge in [0.1, 0.15) is 12.4 Å². The molecule has 0 aliphatic carbocycles. The van der Waals surface area contributed by atoms with Gasteiger partial charge in [0.2, 0.25) is 5.82 Å². The summed E-state index contributed by atoms with van der Waals surface area (Å²) in [5.74, 6) is -1.21. The lowest BCUT2D eigenvalue weighted by atomic mass is 10.1. The van der Waals surface area contributed by atoms with Gasteiger partial charge < -0.3 is 14.9 Å². The van der Waals surface area contributed by atoms with Crippen molar-refractivity contribution in [2.45, 2.75) is 19.4 Å². The molecule has 0 aliphatic rings. The molecule has 0 saturated heterocycles. The van der Waals surface area contributed by atoms with Crippen LogP contribution in [0.15, 0.2) is 43.8 Å². The lowest BCUT2D eigenvalue weighted by molar-refractivity contribution is -0.137. The lowest BCUT2D eigenvalue weighted by Gasteiger charge is -2.11. The smallest absolute Gasteiger partial charge is 0.416 e. The lowest BCUT2D eigenvalue weighted by Crippen LogP contribution is -2.23. The number of hydrogen-bond donors (Lipinski definition) is 2. The second kappa shape index (κ2) is 8.72. The Kier molecular flexibility index (Phi) is 6.46. The van der Waals surface area contributed by atoms with E-state index in [4.69, 9.17) is 4.52 Å². The molecule has 2 N–H and O–H groups in total. The number of halogens is 6. The summed E-state index contributed by atoms with van der Waals surface area (Å²) >= 11 is 6.32. The minimum absolute atomic E-state index is 0.0334. The SMILES string of the molecule is O=C(NCc1cc(CF)cc(C(F)(F)F)c1)c1nc(-c2cc(Br)c(O)c(Br)c2)no1. The van der Waals surface area contributed by atoms with Gasteiger partial charge in [-0.25, -0.2) is 4.39 Å². The van der Waals surface area contributed by atoms with Crippen molar-refractivity contribution in [2.24, 2.45) is 0 Å². The molecule has 0 aliphatic heterocycles. The summed E-state index contributed by atoms with van der Waals surface area (Å²) in [5.41, 5.74) is -0.667. The van der Waals surface area contributed by atoms with E-state index in [1.54, 1.807) is 0 Å². The third kappa shape index (κ3) is 4.98. The van der Waals surface area contributed by atoms with E-state index in [-0.39, 0.29) is 29.2 Å². The van der Waals surface area contributed by atoms with Crippen molar-refractivity contribution in [3.8, 4) is 17.1 Å². The fourth-order valence-electron chi connectivity index (χ4n) is 2.49. The first-order valence-corrected chi connectivity index (χ1v) is 9.73. The van der Waals surface area contributed by atoms with Crippen molar-refractivity contribution >= 4 is 37.8 Å². The molecule has 6 nitrogen and oxygen atoms in total. The number of carbonyl (C=O) groups excluding carboxylic acids is 1. The first-order valence-electron chi connectivity index (χ1n) is 8.14. The van der Waals surface area contributed by atoms with Gasteiger partial charge in [-0.2, -0.15) is 18.2 Å². The number of benzene rings is 2. The van der Waals surface area contributed by atoms with Crippen LogP contribution >= 0.6 is 31.9 Å². The van der Waals surface area contributed by atoms with Crippen LogP contribution in [0.25, 0.3) is 11.4 Å². The standard InChI is InChI=1S/C18H11Br2F4N3O3/c19-12-4-10(5-13(20)14(12)28)15-26-17(30-27-15)16(29)25-7-9-1-8(6-21)2-11(3-9)18(22,23)24/h1-5,28H,6-7H2,(H,25,29). The Morgan fingerprint density at radius 1 is 1.10 bits per heavy atom. The molecule has 1 aromatic heterocycles. The van der Waals surface area contributed by atoms with Crippen LogP contribution in [0.2, 0.25) is 0 Å². The Labute approximate surface area is 183 Å². The van der Waals surface area contributed by atoms with Gasteiger partial charge in [-0.3, -0.25) is 4.79 Å². The van der Waals surface area contributed by atoms with E-state index in [9.17, 15) is 27.5 Å². The molecule has 0 bridgehead atoms. The van der Waals surface area contributed by atoms with Crippen molar-refractivity contribution in [2.75, 3.05) is 0 Å². The van der Waals surface area contributed by atoms with Crippen LogP contribution in [-0.4, -0.2) is 21.2 Å². The highest BCUT2D eigenvalue weighted by Gasteiger charge is 2.31. The Bertz CT molecular complexity index is 1080. The summed E-state index contributed by atoms with van der Waals surface area (Å²) in [6, 6.07) is 5.77. The van der Waals surface area contributed by atoms with Gasteiger partial charge in [-0.15, -0.1) is 0 Å². The largest absolute Gasteiger partial charge is 0.506 e. The third-order valence-corrected chi connectivity index (χ3v) is 5.09. The molecule has 0 spiro atoms. The second-order valence-corrected chi connectivity index (χ2v) is 7.77. The third-order valence-electron chi connectivity index (χ3n) is 3.88. The number of amides is 1. The average Bonchev–Trinajstić information content (AvgIpc) is 3.19. The first kappa shape index (κ1) is 22.2. The van der Waals surface area contributed by atoms with Gasteiger partial charge in [0.05, 0.1) is 14.5 Å². The summed E-state index contributed by atoms with van der Waals surface area (Å²) in [4.78, 5) is 16.2. The average molecular weight is 553 g/mol. The minimum Gasteiger partial charge on any atom is -0.506 e. The number of alkyl halides is 4. The number of nitrogens with one attached hydrogen (secondary N) is 1. The van der Waals surface area contributed by atoms with Gasteiger partial charge >= 0.3 is 18.0 Å². The fraction of sp³-hybridized carbons (Fsp3) is 0.167. The zero-order chi connectivity index (χ0) is 22.1. The van der Waals surface area contributed by atoms with Gasteiger partial charge in [0, 0.05) is 12.1 Å². The monoisotopic (exact) mass is 551 g/mol. The molecule has 3 aromatic rings. The van der Waals surface area contributed by atoms with Crippen molar-refractivity contribution in [1.82, 2.24) is 15.5 Å². The molecular formula is C18H11Br2F4N3O3. The molecule has 1 amide bonds. The van der Waals surface area contributed by atoms with Gasteiger partial charge in [0.25, 0.3) is 0 Å². The number of nitrogens with zero attached hydrogens (tertiary/aromatic N) is 2. The molecule has 0 fully saturated rings. The predicted molar refractivity (Wildman–Crippen MR) is 104 cm³/mol. The molecule has 0 unspecified atom stereocenters. The summed E-state index contributed by atoms with van der Waals surface area (Å²) < 4.78 is 57.3. The quantitative estimate of drug-likeness (QED) is 0.415. The Balaban J connectivity index is 1.75. The Morgan fingerprint density at radius 3 is 2.33 bits per heavy atom. The Morgan fingerprint density at radius 2 is 1.73 bits per heavy atom. The first-order chi connectivity index (χ1) is 14.1. The van der Waals surface area contributed by atoms with E-state index in [0.717, 1.165) is 6.07 Å². The Hall–Kier alpha value is -2.47. The highest BCUT2D eigenvalue weighted by Crippen LogP contribution is 2.36. The van der Waals surface area contributed by atoms with E-state index in [1.807, 2.05) is 0 Å². The summed E-state index contributed by atoms with van der Waals surface area (Å²) in [6.07, 6.45) is -4.64.